The minimum Gasteiger partial charge on any atom is -0.489 e. The molecule has 6 aromatic rings. The lowest BCUT2D eigenvalue weighted by Gasteiger charge is -2.08. The van der Waals surface area contributed by atoms with Crippen LogP contribution >= 0.6 is 23.8 Å². The predicted molar refractivity (Wildman–Crippen MR) is 164 cm³/mol. The molecule has 0 aliphatic heterocycles. The first-order valence-corrected chi connectivity index (χ1v) is 13.4. The molecule has 0 bridgehead atoms. The monoisotopic (exact) mass is 561 g/mol. The minimum absolute atomic E-state index is 0.137. The molecule has 196 valence electrons. The molecule has 0 amide bonds. The summed E-state index contributed by atoms with van der Waals surface area (Å²) in [6, 6.07) is 37.4. The normalized spacial score (nSPS) is 10.9. The van der Waals surface area contributed by atoms with Crippen LogP contribution in [0.1, 0.15) is 5.56 Å². The summed E-state index contributed by atoms with van der Waals surface area (Å²) in [6.45, 7) is 0.495. The van der Waals surface area contributed by atoms with Gasteiger partial charge >= 0.3 is 0 Å². The molecule has 2 heterocycles. The molecule has 0 fully saturated rings. The zero-order valence-electron chi connectivity index (χ0n) is 21.3. The van der Waals surface area contributed by atoms with Crippen molar-refractivity contribution in [3.05, 3.63) is 132 Å². The minimum atomic E-state index is 0.137. The van der Waals surface area contributed by atoms with Gasteiger partial charge in [-0.15, -0.1) is 0 Å². The fourth-order valence-corrected chi connectivity index (χ4v) is 4.71. The smallest absolute Gasteiger partial charge is 0.191 e. The second kappa shape index (κ2) is 11.2. The molecular formula is C32H24ClN5OS. The predicted octanol–water partition coefficient (Wildman–Crippen LogP) is 7.39. The Bertz CT molecular complexity index is 1760. The van der Waals surface area contributed by atoms with Gasteiger partial charge < -0.3 is 10.5 Å². The summed E-state index contributed by atoms with van der Waals surface area (Å²) in [5, 5.41) is 10.5. The quantitative estimate of drug-likeness (QED) is 0.206. The second-order valence-electron chi connectivity index (χ2n) is 9.14. The Kier molecular flexibility index (Phi) is 7.14. The van der Waals surface area contributed by atoms with E-state index in [2.05, 4.69) is 0 Å². The summed E-state index contributed by atoms with van der Waals surface area (Å²) in [5.41, 5.74) is 13.1. The third kappa shape index (κ3) is 5.38. The molecule has 0 aliphatic rings. The molecule has 8 heteroatoms. The zero-order valence-corrected chi connectivity index (χ0v) is 22.9. The molecule has 0 saturated heterocycles. The van der Waals surface area contributed by atoms with Crippen LogP contribution in [0.4, 0.5) is 0 Å². The van der Waals surface area contributed by atoms with Crippen LogP contribution in [-0.2, 0) is 6.61 Å². The van der Waals surface area contributed by atoms with Gasteiger partial charge in [-0.25, -0.2) is 9.36 Å². The largest absolute Gasteiger partial charge is 0.489 e. The van der Waals surface area contributed by atoms with E-state index < -0.39 is 0 Å². The number of nitrogens with zero attached hydrogens (tertiary/aromatic N) is 4. The zero-order chi connectivity index (χ0) is 27.5. The SMILES string of the molecule is NC(=S)n1nc(-c2ccc(Cl)cc2)cc1-c1cn(-c2ccccc2)nc1-c1ccc(OCc2ccccc2)cc1. The number of nitrogens with two attached hydrogens (primary N) is 1. The maximum Gasteiger partial charge on any atom is 0.191 e. The Morgan fingerprint density at radius 3 is 2.12 bits per heavy atom. The fourth-order valence-electron chi connectivity index (χ4n) is 4.44. The first-order valence-electron chi connectivity index (χ1n) is 12.6. The summed E-state index contributed by atoms with van der Waals surface area (Å²) >= 11 is 11.5. The lowest BCUT2D eigenvalue weighted by molar-refractivity contribution is 0.306. The van der Waals surface area contributed by atoms with Gasteiger partial charge in [0.05, 0.1) is 17.1 Å². The number of para-hydroxylation sites is 1. The third-order valence-corrected chi connectivity index (χ3v) is 6.87. The Labute approximate surface area is 242 Å². The first kappa shape index (κ1) is 25.6. The van der Waals surface area contributed by atoms with Crippen molar-refractivity contribution in [3.63, 3.8) is 0 Å². The molecule has 0 aliphatic carbocycles. The van der Waals surface area contributed by atoms with E-state index in [4.69, 9.17) is 44.5 Å². The van der Waals surface area contributed by atoms with E-state index in [9.17, 15) is 0 Å². The summed E-state index contributed by atoms with van der Waals surface area (Å²) in [5.74, 6) is 0.773. The van der Waals surface area contributed by atoms with Gasteiger partial charge in [0.1, 0.15) is 18.1 Å². The number of ether oxygens (including phenoxy) is 1. The van der Waals surface area contributed by atoms with E-state index in [1.165, 1.54) is 0 Å². The molecule has 0 spiro atoms. The van der Waals surface area contributed by atoms with Gasteiger partial charge in [0, 0.05) is 27.9 Å². The topological polar surface area (TPSA) is 70.9 Å². The van der Waals surface area contributed by atoms with Gasteiger partial charge in [-0.2, -0.15) is 10.2 Å². The Balaban J connectivity index is 1.41. The average molecular weight is 562 g/mol. The molecule has 6 nitrogen and oxygen atoms in total. The molecule has 2 N–H and O–H groups in total. The van der Waals surface area contributed by atoms with E-state index in [1.54, 1.807) is 4.68 Å². The summed E-state index contributed by atoms with van der Waals surface area (Å²) < 4.78 is 9.43. The van der Waals surface area contributed by atoms with Crippen molar-refractivity contribution in [2.45, 2.75) is 6.61 Å². The van der Waals surface area contributed by atoms with Crippen LogP contribution in [0.2, 0.25) is 5.02 Å². The summed E-state index contributed by atoms with van der Waals surface area (Å²) in [6.07, 6.45) is 1.97. The molecule has 0 saturated carbocycles. The van der Waals surface area contributed by atoms with Crippen molar-refractivity contribution >= 4 is 28.9 Å². The highest BCUT2D eigenvalue weighted by molar-refractivity contribution is 7.80. The second-order valence-corrected chi connectivity index (χ2v) is 10.00. The van der Waals surface area contributed by atoms with Crippen LogP contribution in [0, 0.1) is 0 Å². The first-order chi connectivity index (χ1) is 19.5. The third-order valence-electron chi connectivity index (χ3n) is 6.45. The van der Waals surface area contributed by atoms with Gasteiger partial charge in [0.15, 0.2) is 5.11 Å². The van der Waals surface area contributed by atoms with Gasteiger partial charge in [-0.05, 0) is 72.4 Å². The van der Waals surface area contributed by atoms with Gasteiger partial charge in [0.2, 0.25) is 0 Å². The van der Waals surface area contributed by atoms with Crippen LogP contribution in [0.15, 0.2) is 121 Å². The van der Waals surface area contributed by atoms with Gasteiger partial charge in [-0.1, -0.05) is 72.3 Å². The molecule has 0 atom stereocenters. The highest BCUT2D eigenvalue weighted by Crippen LogP contribution is 2.35. The molecule has 40 heavy (non-hydrogen) atoms. The molecule has 0 radical (unpaired) electrons. The molecule has 6 rings (SSSR count). The van der Waals surface area contributed by atoms with Crippen molar-refractivity contribution in [2.24, 2.45) is 5.73 Å². The van der Waals surface area contributed by atoms with Crippen LogP contribution in [0.5, 0.6) is 5.75 Å². The van der Waals surface area contributed by atoms with Crippen LogP contribution in [0.3, 0.4) is 0 Å². The summed E-state index contributed by atoms with van der Waals surface area (Å²) in [7, 11) is 0. The van der Waals surface area contributed by atoms with Crippen LogP contribution in [-0.4, -0.2) is 24.7 Å². The van der Waals surface area contributed by atoms with Crippen molar-refractivity contribution in [1.29, 1.82) is 0 Å². The standard InChI is InChI=1S/C32H24ClN5OS/c33-25-15-11-23(12-16-25)29-19-30(38(35-29)32(34)40)28-20-37(26-9-5-2-6-10-26)36-31(28)24-13-17-27(18-14-24)39-21-22-7-3-1-4-8-22/h1-20H,21H2,(H2,34,40). The molecular weight excluding hydrogens is 538 g/mol. The van der Waals surface area contributed by atoms with Gasteiger partial charge in [-0.3, -0.25) is 0 Å². The van der Waals surface area contributed by atoms with E-state index >= 15 is 0 Å². The number of halogens is 1. The lowest BCUT2D eigenvalue weighted by Crippen LogP contribution is -2.21. The molecule has 0 unspecified atom stereocenters. The van der Waals surface area contributed by atoms with Crippen molar-refractivity contribution < 1.29 is 4.74 Å². The highest BCUT2D eigenvalue weighted by Gasteiger charge is 2.21. The van der Waals surface area contributed by atoms with Gasteiger partial charge in [0.25, 0.3) is 0 Å². The Morgan fingerprint density at radius 1 is 0.800 bits per heavy atom. The summed E-state index contributed by atoms with van der Waals surface area (Å²) in [4.78, 5) is 0. The van der Waals surface area contributed by atoms with Crippen LogP contribution in [0.25, 0.3) is 39.5 Å². The van der Waals surface area contributed by atoms with E-state index in [-0.39, 0.29) is 5.11 Å². The van der Waals surface area contributed by atoms with E-state index in [0.29, 0.717) is 11.6 Å². The number of benzene rings is 4. The van der Waals surface area contributed by atoms with Crippen molar-refractivity contribution in [3.8, 4) is 45.2 Å². The Morgan fingerprint density at radius 2 is 1.45 bits per heavy atom. The maximum atomic E-state index is 6.14. The van der Waals surface area contributed by atoms with E-state index in [0.717, 1.165) is 50.8 Å². The van der Waals surface area contributed by atoms with Crippen molar-refractivity contribution in [1.82, 2.24) is 19.6 Å². The van der Waals surface area contributed by atoms with E-state index in [1.807, 2.05) is 126 Å². The number of hydrogen-bond acceptors (Lipinski definition) is 4. The fraction of sp³-hybridized carbons (Fsp3) is 0.0312. The highest BCUT2D eigenvalue weighted by atomic mass is 35.5. The van der Waals surface area contributed by atoms with Crippen LogP contribution < -0.4 is 10.5 Å². The number of hydrogen-bond donors (Lipinski definition) is 1. The number of rotatable bonds is 7. The number of aromatic nitrogens is 4. The number of thiocarbonyl (C=S) groups is 1. The molecule has 4 aromatic carbocycles. The average Bonchev–Trinajstić information content (AvgIpc) is 3.63. The van der Waals surface area contributed by atoms with Crippen molar-refractivity contribution in [2.75, 3.05) is 0 Å². The maximum absolute atomic E-state index is 6.14. The lowest BCUT2D eigenvalue weighted by atomic mass is 10.0. The Hall–Kier alpha value is -4.72. The molecule has 2 aromatic heterocycles.